The third-order valence-electron chi connectivity index (χ3n) is 2.94. The van der Waals surface area contributed by atoms with Crippen LogP contribution in [0.4, 0.5) is 5.82 Å². The van der Waals surface area contributed by atoms with Crippen LogP contribution in [-0.2, 0) is 4.74 Å². The highest BCUT2D eigenvalue weighted by atomic mass is 16.5. The molecule has 1 aliphatic rings. The van der Waals surface area contributed by atoms with Gasteiger partial charge in [-0.15, -0.1) is 10.2 Å². The van der Waals surface area contributed by atoms with Crippen molar-refractivity contribution in [3.8, 4) is 6.07 Å². The Morgan fingerprint density at radius 1 is 1.60 bits per heavy atom. The van der Waals surface area contributed by atoms with Crippen LogP contribution < -0.4 is 5.32 Å². The molecule has 1 aromatic heterocycles. The van der Waals surface area contributed by atoms with E-state index in [1.807, 2.05) is 6.07 Å². The number of nitrogens with one attached hydrogen (secondary N) is 1. The lowest BCUT2D eigenvalue weighted by atomic mass is 10.2. The Bertz CT molecular complexity index is 496. The van der Waals surface area contributed by atoms with Gasteiger partial charge in [0.1, 0.15) is 5.82 Å². The first-order valence-corrected chi connectivity index (χ1v) is 6.62. The molecule has 1 fully saturated rings. The maximum atomic E-state index is 12.2. The number of amides is 1. The number of nitrogens with zero attached hydrogens (tertiary/aromatic N) is 4. The lowest BCUT2D eigenvalue weighted by Crippen LogP contribution is -2.45. The predicted octanol–water partition coefficient (Wildman–Crippen LogP) is 0.663. The molecule has 0 radical (unpaired) electrons. The Labute approximate surface area is 117 Å². The molecule has 0 bridgehead atoms. The highest BCUT2D eigenvalue weighted by molar-refractivity contribution is 5.92. The van der Waals surface area contributed by atoms with Crippen molar-refractivity contribution in [1.29, 1.82) is 5.26 Å². The molecular formula is C13H17N5O2. The van der Waals surface area contributed by atoms with Gasteiger partial charge in [0.25, 0.3) is 5.91 Å². The van der Waals surface area contributed by atoms with Gasteiger partial charge in [-0.3, -0.25) is 4.79 Å². The summed E-state index contributed by atoms with van der Waals surface area (Å²) in [6, 6.07) is 5.39. The van der Waals surface area contributed by atoms with Gasteiger partial charge in [-0.2, -0.15) is 5.26 Å². The van der Waals surface area contributed by atoms with Crippen molar-refractivity contribution in [3.63, 3.8) is 0 Å². The fraction of sp³-hybridized carbons (Fsp3) is 0.538. The van der Waals surface area contributed by atoms with Crippen LogP contribution in [0, 0.1) is 11.3 Å². The van der Waals surface area contributed by atoms with E-state index in [1.165, 1.54) is 0 Å². The smallest absolute Gasteiger partial charge is 0.274 e. The van der Waals surface area contributed by atoms with Gasteiger partial charge >= 0.3 is 0 Å². The zero-order valence-electron chi connectivity index (χ0n) is 11.4. The Balaban J connectivity index is 2.00. The molecule has 2 rings (SSSR count). The number of rotatable bonds is 4. The molecule has 1 aromatic rings. The van der Waals surface area contributed by atoms with Crippen molar-refractivity contribution < 1.29 is 9.53 Å². The van der Waals surface area contributed by atoms with Gasteiger partial charge in [-0.1, -0.05) is 6.92 Å². The normalized spacial score (nSPS) is 18.4. The van der Waals surface area contributed by atoms with Gasteiger partial charge in [0, 0.05) is 13.1 Å². The second kappa shape index (κ2) is 6.82. The highest BCUT2D eigenvalue weighted by Gasteiger charge is 2.25. The molecule has 106 valence electrons. The van der Waals surface area contributed by atoms with E-state index >= 15 is 0 Å². The van der Waals surface area contributed by atoms with Crippen molar-refractivity contribution >= 4 is 11.7 Å². The van der Waals surface area contributed by atoms with Crippen LogP contribution >= 0.6 is 0 Å². The Morgan fingerprint density at radius 3 is 3.10 bits per heavy atom. The van der Waals surface area contributed by atoms with Crippen molar-refractivity contribution in [2.24, 2.45) is 0 Å². The van der Waals surface area contributed by atoms with Crippen molar-refractivity contribution in [3.05, 3.63) is 17.8 Å². The molecule has 0 aliphatic carbocycles. The summed E-state index contributed by atoms with van der Waals surface area (Å²) in [6.45, 7) is 3.98. The Kier molecular flexibility index (Phi) is 4.85. The summed E-state index contributed by atoms with van der Waals surface area (Å²) in [5.74, 6) is 0.434. The summed E-state index contributed by atoms with van der Waals surface area (Å²) in [5, 5.41) is 19.8. The summed E-state index contributed by atoms with van der Waals surface area (Å²) >= 11 is 0. The van der Waals surface area contributed by atoms with Gasteiger partial charge in [0.15, 0.2) is 11.8 Å². The van der Waals surface area contributed by atoms with Gasteiger partial charge in [-0.25, -0.2) is 0 Å². The molecule has 7 nitrogen and oxygen atoms in total. The third kappa shape index (κ3) is 3.42. The SMILES string of the molecule is CCCNc1ccc(C(=O)N2CCOC(C#N)C2)nn1. The van der Waals surface area contributed by atoms with Crippen LogP contribution in [0.5, 0.6) is 0 Å². The number of hydrogen-bond donors (Lipinski definition) is 1. The summed E-state index contributed by atoms with van der Waals surface area (Å²) in [6.07, 6.45) is 0.428. The zero-order valence-corrected chi connectivity index (χ0v) is 11.4. The molecule has 7 heteroatoms. The molecule has 1 saturated heterocycles. The molecule has 2 heterocycles. The number of carbonyl (C=O) groups is 1. The molecule has 0 spiro atoms. The van der Waals surface area contributed by atoms with Crippen molar-refractivity contribution in [2.75, 3.05) is 31.6 Å². The third-order valence-corrected chi connectivity index (χ3v) is 2.94. The van der Waals surface area contributed by atoms with E-state index in [-0.39, 0.29) is 18.1 Å². The first-order chi connectivity index (χ1) is 9.74. The minimum atomic E-state index is -0.564. The van der Waals surface area contributed by atoms with Crippen LogP contribution in [0.1, 0.15) is 23.8 Å². The van der Waals surface area contributed by atoms with E-state index in [1.54, 1.807) is 17.0 Å². The van der Waals surface area contributed by atoms with Gasteiger partial charge in [-0.05, 0) is 18.6 Å². The van der Waals surface area contributed by atoms with Crippen molar-refractivity contribution in [2.45, 2.75) is 19.4 Å². The average molecular weight is 275 g/mol. The molecular weight excluding hydrogens is 258 g/mol. The zero-order chi connectivity index (χ0) is 14.4. The largest absolute Gasteiger partial charge is 0.369 e. The van der Waals surface area contributed by atoms with Crippen LogP contribution in [0.25, 0.3) is 0 Å². The van der Waals surface area contributed by atoms with Crippen LogP contribution in [0.2, 0.25) is 0 Å². The molecule has 1 aliphatic heterocycles. The first-order valence-electron chi connectivity index (χ1n) is 6.62. The standard InChI is InChI=1S/C13H17N5O2/c1-2-5-15-12-4-3-11(16-17-12)13(19)18-6-7-20-10(8-14)9-18/h3-4,10H,2,5-7,9H2,1H3,(H,15,17). The van der Waals surface area contributed by atoms with E-state index in [9.17, 15) is 4.79 Å². The summed E-state index contributed by atoms with van der Waals surface area (Å²) in [5.41, 5.74) is 0.283. The second-order valence-corrected chi connectivity index (χ2v) is 4.47. The number of anilines is 1. The fourth-order valence-electron chi connectivity index (χ4n) is 1.87. The number of carbonyl (C=O) groups excluding carboxylic acids is 1. The van der Waals surface area contributed by atoms with Crippen LogP contribution in [-0.4, -0.2) is 53.3 Å². The van der Waals surface area contributed by atoms with Crippen molar-refractivity contribution in [1.82, 2.24) is 15.1 Å². The minimum absolute atomic E-state index is 0.219. The van der Waals surface area contributed by atoms with E-state index in [0.717, 1.165) is 13.0 Å². The molecule has 1 unspecified atom stereocenters. The average Bonchev–Trinajstić information content (AvgIpc) is 2.52. The number of morpholine rings is 1. The molecule has 1 N–H and O–H groups in total. The fourth-order valence-corrected chi connectivity index (χ4v) is 1.87. The predicted molar refractivity (Wildman–Crippen MR) is 72.1 cm³/mol. The number of aromatic nitrogens is 2. The Morgan fingerprint density at radius 2 is 2.45 bits per heavy atom. The number of nitriles is 1. The lowest BCUT2D eigenvalue weighted by molar-refractivity contribution is 0.00315. The summed E-state index contributed by atoms with van der Waals surface area (Å²) in [7, 11) is 0. The molecule has 1 atom stereocenters. The summed E-state index contributed by atoms with van der Waals surface area (Å²) < 4.78 is 5.21. The van der Waals surface area contributed by atoms with Gasteiger partial charge in [0.05, 0.1) is 19.2 Å². The van der Waals surface area contributed by atoms with E-state index in [2.05, 4.69) is 22.4 Å². The van der Waals surface area contributed by atoms with Crippen LogP contribution in [0.3, 0.4) is 0 Å². The lowest BCUT2D eigenvalue weighted by Gasteiger charge is -2.29. The molecule has 0 saturated carbocycles. The van der Waals surface area contributed by atoms with E-state index < -0.39 is 6.10 Å². The maximum Gasteiger partial charge on any atom is 0.274 e. The van der Waals surface area contributed by atoms with E-state index in [0.29, 0.717) is 19.0 Å². The number of ether oxygens (including phenoxy) is 1. The molecule has 1 amide bonds. The maximum absolute atomic E-state index is 12.2. The minimum Gasteiger partial charge on any atom is -0.369 e. The first kappa shape index (κ1) is 14.2. The number of hydrogen-bond acceptors (Lipinski definition) is 6. The second-order valence-electron chi connectivity index (χ2n) is 4.47. The van der Waals surface area contributed by atoms with E-state index in [4.69, 9.17) is 10.00 Å². The van der Waals surface area contributed by atoms with Gasteiger partial charge in [0.2, 0.25) is 0 Å². The topological polar surface area (TPSA) is 91.1 Å². The monoisotopic (exact) mass is 275 g/mol. The molecule has 20 heavy (non-hydrogen) atoms. The van der Waals surface area contributed by atoms with Crippen LogP contribution in [0.15, 0.2) is 12.1 Å². The highest BCUT2D eigenvalue weighted by Crippen LogP contribution is 2.10. The molecule has 0 aromatic carbocycles. The quantitative estimate of drug-likeness (QED) is 0.868. The summed E-state index contributed by atoms with van der Waals surface area (Å²) in [4.78, 5) is 13.8. The van der Waals surface area contributed by atoms with Gasteiger partial charge < -0.3 is 15.0 Å². The Hall–Kier alpha value is -2.20.